The molecule has 1 N–H and O–H groups in total. The SMILES string of the molecule is COc1cc(/C=N\NC(=O)CN(c2ccc(Cl)cc2)S(=O)(=O)c2ccccc2)ccc1C. The first-order valence-corrected chi connectivity index (χ1v) is 11.4. The molecule has 0 fully saturated rings. The average molecular weight is 472 g/mol. The van der Waals surface area contributed by atoms with Gasteiger partial charge in [0.15, 0.2) is 0 Å². The summed E-state index contributed by atoms with van der Waals surface area (Å²) in [6.45, 7) is 1.45. The number of hydrogen-bond donors (Lipinski definition) is 1. The van der Waals surface area contributed by atoms with E-state index in [9.17, 15) is 13.2 Å². The quantitative estimate of drug-likeness (QED) is 0.397. The van der Waals surface area contributed by atoms with Crippen LogP contribution in [0.1, 0.15) is 11.1 Å². The summed E-state index contributed by atoms with van der Waals surface area (Å²) in [4.78, 5) is 12.6. The number of ether oxygens (including phenoxy) is 1. The van der Waals surface area contributed by atoms with Crippen molar-refractivity contribution in [3.8, 4) is 5.75 Å². The van der Waals surface area contributed by atoms with Gasteiger partial charge in [0.25, 0.3) is 15.9 Å². The number of aryl methyl sites for hydroxylation is 1. The minimum Gasteiger partial charge on any atom is -0.496 e. The number of carbonyl (C=O) groups excluding carboxylic acids is 1. The predicted molar refractivity (Wildman–Crippen MR) is 126 cm³/mol. The Morgan fingerprint density at radius 2 is 1.78 bits per heavy atom. The molecule has 1 amide bonds. The van der Waals surface area contributed by atoms with Crippen molar-refractivity contribution in [3.05, 3.63) is 88.9 Å². The van der Waals surface area contributed by atoms with E-state index in [2.05, 4.69) is 10.5 Å². The molecule has 0 saturated carbocycles. The summed E-state index contributed by atoms with van der Waals surface area (Å²) in [5.41, 5.74) is 4.37. The lowest BCUT2D eigenvalue weighted by Crippen LogP contribution is -2.39. The number of rotatable bonds is 8. The van der Waals surface area contributed by atoms with Gasteiger partial charge in [-0.25, -0.2) is 13.8 Å². The van der Waals surface area contributed by atoms with Crippen molar-refractivity contribution < 1.29 is 17.9 Å². The van der Waals surface area contributed by atoms with E-state index in [1.54, 1.807) is 43.5 Å². The Kier molecular flexibility index (Phi) is 7.50. The van der Waals surface area contributed by atoms with Gasteiger partial charge < -0.3 is 4.74 Å². The number of anilines is 1. The predicted octanol–water partition coefficient (Wildman–Crippen LogP) is 4.00. The molecule has 9 heteroatoms. The van der Waals surface area contributed by atoms with Crippen molar-refractivity contribution >= 4 is 39.4 Å². The zero-order chi connectivity index (χ0) is 23.1. The first-order valence-electron chi connectivity index (χ1n) is 9.61. The van der Waals surface area contributed by atoms with E-state index in [0.717, 1.165) is 15.4 Å². The fourth-order valence-corrected chi connectivity index (χ4v) is 4.47. The van der Waals surface area contributed by atoms with Gasteiger partial charge in [-0.3, -0.25) is 9.10 Å². The lowest BCUT2D eigenvalue weighted by Gasteiger charge is -2.23. The second-order valence-electron chi connectivity index (χ2n) is 6.82. The third-order valence-corrected chi connectivity index (χ3v) is 6.61. The highest BCUT2D eigenvalue weighted by atomic mass is 35.5. The molecule has 0 heterocycles. The molecule has 0 radical (unpaired) electrons. The van der Waals surface area contributed by atoms with Gasteiger partial charge in [-0.05, 0) is 60.5 Å². The van der Waals surface area contributed by atoms with Crippen molar-refractivity contribution in [1.29, 1.82) is 0 Å². The van der Waals surface area contributed by atoms with Crippen LogP contribution in [0, 0.1) is 6.92 Å². The molecule has 0 unspecified atom stereocenters. The van der Waals surface area contributed by atoms with E-state index in [1.165, 1.54) is 30.5 Å². The molecule has 3 rings (SSSR count). The molecule has 0 aliphatic rings. The number of hydrazone groups is 1. The van der Waals surface area contributed by atoms with E-state index in [0.29, 0.717) is 16.5 Å². The molecule has 3 aromatic carbocycles. The second-order valence-corrected chi connectivity index (χ2v) is 9.12. The second kappa shape index (κ2) is 10.3. The van der Waals surface area contributed by atoms with Crippen LogP contribution in [0.25, 0.3) is 0 Å². The minimum atomic E-state index is -3.99. The van der Waals surface area contributed by atoms with Gasteiger partial charge >= 0.3 is 0 Å². The Bertz CT molecular complexity index is 1210. The lowest BCUT2D eigenvalue weighted by molar-refractivity contribution is -0.119. The molecular formula is C23H22ClN3O4S. The van der Waals surface area contributed by atoms with Crippen molar-refractivity contribution in [2.45, 2.75) is 11.8 Å². The standard InChI is InChI=1S/C23H22ClN3O4S/c1-17-8-9-18(14-22(17)31-2)15-25-26-23(28)16-27(20-12-10-19(24)11-13-20)32(29,30)21-6-4-3-5-7-21/h3-15H,16H2,1-2H3,(H,26,28)/b25-15-. The number of nitrogens with one attached hydrogen (secondary N) is 1. The Morgan fingerprint density at radius 3 is 2.44 bits per heavy atom. The van der Waals surface area contributed by atoms with Crippen LogP contribution in [0.2, 0.25) is 5.02 Å². The average Bonchev–Trinajstić information content (AvgIpc) is 2.80. The fourth-order valence-electron chi connectivity index (χ4n) is 2.90. The van der Waals surface area contributed by atoms with Crippen molar-refractivity contribution in [2.75, 3.05) is 18.0 Å². The highest BCUT2D eigenvalue weighted by molar-refractivity contribution is 7.92. The third-order valence-electron chi connectivity index (χ3n) is 4.57. The topological polar surface area (TPSA) is 88.1 Å². The Morgan fingerprint density at radius 1 is 1.09 bits per heavy atom. The number of amides is 1. The number of methoxy groups -OCH3 is 1. The zero-order valence-corrected chi connectivity index (χ0v) is 19.1. The van der Waals surface area contributed by atoms with Crippen LogP contribution < -0.4 is 14.5 Å². The van der Waals surface area contributed by atoms with E-state index >= 15 is 0 Å². The molecule has 32 heavy (non-hydrogen) atoms. The summed E-state index contributed by atoms with van der Waals surface area (Å²) in [6, 6.07) is 19.6. The summed E-state index contributed by atoms with van der Waals surface area (Å²) >= 11 is 5.94. The smallest absolute Gasteiger partial charge is 0.264 e. The maximum Gasteiger partial charge on any atom is 0.264 e. The summed E-state index contributed by atoms with van der Waals surface area (Å²) in [5.74, 6) is 0.0953. The minimum absolute atomic E-state index is 0.0676. The van der Waals surface area contributed by atoms with Gasteiger partial charge in [-0.1, -0.05) is 41.9 Å². The molecule has 3 aromatic rings. The molecule has 0 bridgehead atoms. The summed E-state index contributed by atoms with van der Waals surface area (Å²) in [7, 11) is -2.42. The third kappa shape index (κ3) is 5.66. The van der Waals surface area contributed by atoms with E-state index < -0.39 is 22.5 Å². The summed E-state index contributed by atoms with van der Waals surface area (Å²) < 4.78 is 32.7. The zero-order valence-electron chi connectivity index (χ0n) is 17.5. The van der Waals surface area contributed by atoms with Gasteiger partial charge in [0.1, 0.15) is 12.3 Å². The molecule has 0 aromatic heterocycles. The number of nitrogens with zero attached hydrogens (tertiary/aromatic N) is 2. The molecule has 0 aliphatic heterocycles. The monoisotopic (exact) mass is 471 g/mol. The van der Waals surface area contributed by atoms with Gasteiger partial charge in [0.05, 0.1) is 23.9 Å². The Balaban J connectivity index is 1.80. The van der Waals surface area contributed by atoms with Crippen molar-refractivity contribution in [2.24, 2.45) is 5.10 Å². The Labute approximate surface area is 192 Å². The lowest BCUT2D eigenvalue weighted by atomic mass is 10.1. The van der Waals surface area contributed by atoms with E-state index in [4.69, 9.17) is 16.3 Å². The largest absolute Gasteiger partial charge is 0.496 e. The normalized spacial score (nSPS) is 11.3. The summed E-state index contributed by atoms with van der Waals surface area (Å²) in [5, 5.41) is 4.39. The molecule has 7 nitrogen and oxygen atoms in total. The van der Waals surface area contributed by atoms with Gasteiger partial charge in [-0.15, -0.1) is 0 Å². The fraction of sp³-hybridized carbons (Fsp3) is 0.130. The molecular weight excluding hydrogens is 450 g/mol. The Hall–Kier alpha value is -3.36. The first kappa shape index (κ1) is 23.3. The molecule has 0 atom stereocenters. The molecule has 0 spiro atoms. The van der Waals surface area contributed by atoms with E-state index in [1.807, 2.05) is 19.1 Å². The van der Waals surface area contributed by atoms with Crippen molar-refractivity contribution in [1.82, 2.24) is 5.43 Å². The number of hydrogen-bond acceptors (Lipinski definition) is 5. The highest BCUT2D eigenvalue weighted by Crippen LogP contribution is 2.25. The van der Waals surface area contributed by atoms with Crippen LogP contribution in [-0.2, 0) is 14.8 Å². The number of carbonyl (C=O) groups is 1. The molecule has 0 saturated heterocycles. The first-order chi connectivity index (χ1) is 15.3. The van der Waals surface area contributed by atoms with Gasteiger partial charge in [-0.2, -0.15) is 5.10 Å². The summed E-state index contributed by atoms with van der Waals surface area (Å²) in [6.07, 6.45) is 1.46. The van der Waals surface area contributed by atoms with Crippen LogP contribution in [-0.4, -0.2) is 34.2 Å². The van der Waals surface area contributed by atoms with Crippen LogP contribution in [0.5, 0.6) is 5.75 Å². The van der Waals surface area contributed by atoms with E-state index in [-0.39, 0.29) is 4.90 Å². The van der Waals surface area contributed by atoms with Crippen LogP contribution in [0.15, 0.2) is 82.8 Å². The van der Waals surface area contributed by atoms with Crippen LogP contribution in [0.4, 0.5) is 5.69 Å². The number of benzene rings is 3. The maximum atomic E-state index is 13.2. The van der Waals surface area contributed by atoms with Gasteiger partial charge in [0, 0.05) is 5.02 Å². The van der Waals surface area contributed by atoms with Crippen molar-refractivity contribution in [3.63, 3.8) is 0 Å². The number of sulfonamides is 1. The van der Waals surface area contributed by atoms with Gasteiger partial charge in [0.2, 0.25) is 0 Å². The number of halogens is 1. The maximum absolute atomic E-state index is 13.2. The van der Waals surface area contributed by atoms with Crippen LogP contribution >= 0.6 is 11.6 Å². The molecule has 166 valence electrons. The molecule has 0 aliphatic carbocycles. The van der Waals surface area contributed by atoms with Crippen LogP contribution in [0.3, 0.4) is 0 Å². The highest BCUT2D eigenvalue weighted by Gasteiger charge is 2.27.